The zero-order valence-corrected chi connectivity index (χ0v) is 9.88. The van der Waals surface area contributed by atoms with Gasteiger partial charge in [-0.15, -0.1) is 12.4 Å². The van der Waals surface area contributed by atoms with Crippen LogP contribution in [0.5, 0.6) is 0 Å². The molecule has 84 valence electrons. The van der Waals surface area contributed by atoms with Gasteiger partial charge in [-0.2, -0.15) is 0 Å². The van der Waals surface area contributed by atoms with E-state index in [1.807, 2.05) is 0 Å². The minimum Gasteiger partial charge on any atom is -0.311 e. The Bertz CT molecular complexity index is 154. The second-order valence-electron chi connectivity index (χ2n) is 3.47. The van der Waals surface area contributed by atoms with Crippen LogP contribution in [0, 0.1) is 5.41 Å². The summed E-state index contributed by atoms with van der Waals surface area (Å²) in [6.07, 6.45) is 3.91. The molecule has 0 aromatic heterocycles. The lowest BCUT2D eigenvalue weighted by molar-refractivity contribution is -0.117. The first-order valence-corrected chi connectivity index (χ1v) is 4.87. The molecule has 4 heteroatoms. The van der Waals surface area contributed by atoms with E-state index in [2.05, 4.69) is 5.32 Å². The first-order chi connectivity index (χ1) is 6.13. The minimum absolute atomic E-state index is 0. The van der Waals surface area contributed by atoms with Gasteiger partial charge in [0.15, 0.2) is 0 Å². The molecule has 14 heavy (non-hydrogen) atoms. The van der Waals surface area contributed by atoms with Crippen LogP contribution in [0.2, 0.25) is 0 Å². The molecule has 0 aromatic rings. The van der Waals surface area contributed by atoms with E-state index >= 15 is 0 Å². The van der Waals surface area contributed by atoms with Crippen LogP contribution in [0.1, 0.15) is 39.5 Å². The summed E-state index contributed by atoms with van der Waals surface area (Å²) in [5, 5.41) is 10.3. The third kappa shape index (κ3) is 14.1. The molecular weight excluding hydrogens is 200 g/mol. The van der Waals surface area contributed by atoms with E-state index in [0.717, 1.165) is 25.8 Å². The third-order valence-electron chi connectivity index (χ3n) is 1.77. The summed E-state index contributed by atoms with van der Waals surface area (Å²) in [6, 6.07) is 0. The highest BCUT2D eigenvalue weighted by Gasteiger charge is 1.93. The molecule has 0 aliphatic rings. The summed E-state index contributed by atoms with van der Waals surface area (Å²) in [4.78, 5) is 10.6. The van der Waals surface area contributed by atoms with Crippen molar-refractivity contribution in [3.8, 4) is 0 Å². The normalized spacial score (nSPS) is 9.29. The summed E-state index contributed by atoms with van der Waals surface area (Å²) in [7, 11) is 0. The van der Waals surface area contributed by atoms with Crippen molar-refractivity contribution in [1.29, 1.82) is 5.41 Å². The van der Waals surface area contributed by atoms with Gasteiger partial charge in [0.25, 0.3) is 0 Å². The Hall–Kier alpha value is -0.410. The smallest absolute Gasteiger partial charge is 0.129 e. The zero-order valence-electron chi connectivity index (χ0n) is 9.06. The maximum Gasteiger partial charge on any atom is 0.129 e. The van der Waals surface area contributed by atoms with Gasteiger partial charge < -0.3 is 15.5 Å². The summed E-state index contributed by atoms with van der Waals surface area (Å²) in [5.74, 6) is 0.281. The number of carbonyl (C=O) groups excluding carboxylic acids is 1. The molecule has 0 spiro atoms. The molecule has 0 radical (unpaired) electrons. The number of halogens is 1. The van der Waals surface area contributed by atoms with E-state index in [-0.39, 0.29) is 18.2 Å². The SMILES string of the molecule is CC(=N)CNCCCCCC(C)=O.Cl. The van der Waals surface area contributed by atoms with E-state index in [9.17, 15) is 4.79 Å². The predicted molar refractivity (Wildman–Crippen MR) is 62.7 cm³/mol. The van der Waals surface area contributed by atoms with Crippen LogP contribution in [-0.2, 0) is 4.79 Å². The molecule has 0 unspecified atom stereocenters. The average molecular weight is 221 g/mol. The molecule has 0 fully saturated rings. The Labute approximate surface area is 92.6 Å². The van der Waals surface area contributed by atoms with Crippen molar-refractivity contribution in [3.63, 3.8) is 0 Å². The number of carbonyl (C=O) groups is 1. The maximum absolute atomic E-state index is 10.6. The van der Waals surface area contributed by atoms with Crippen molar-refractivity contribution in [2.24, 2.45) is 0 Å². The molecule has 0 aliphatic carbocycles. The van der Waals surface area contributed by atoms with Crippen LogP contribution in [0.3, 0.4) is 0 Å². The number of rotatable bonds is 8. The molecule has 0 amide bonds. The van der Waals surface area contributed by atoms with Crippen LogP contribution in [0.15, 0.2) is 0 Å². The van der Waals surface area contributed by atoms with Crippen LogP contribution in [-0.4, -0.2) is 24.6 Å². The number of nitrogens with one attached hydrogen (secondary N) is 2. The molecule has 0 rings (SSSR count). The molecule has 0 heterocycles. The molecular formula is C10H21ClN2O. The Kier molecular flexibility index (Phi) is 12.2. The van der Waals surface area contributed by atoms with Crippen LogP contribution in [0.25, 0.3) is 0 Å². The maximum atomic E-state index is 10.6. The van der Waals surface area contributed by atoms with Gasteiger partial charge in [0.2, 0.25) is 0 Å². The molecule has 0 atom stereocenters. The lowest BCUT2D eigenvalue weighted by Crippen LogP contribution is -2.21. The lowest BCUT2D eigenvalue weighted by Gasteiger charge is -2.02. The summed E-state index contributed by atoms with van der Waals surface area (Å²) < 4.78 is 0. The number of hydrogen-bond donors (Lipinski definition) is 2. The van der Waals surface area contributed by atoms with Crippen molar-refractivity contribution in [3.05, 3.63) is 0 Å². The van der Waals surface area contributed by atoms with Gasteiger partial charge in [0.1, 0.15) is 5.78 Å². The quantitative estimate of drug-likeness (QED) is 0.487. The van der Waals surface area contributed by atoms with E-state index in [0.29, 0.717) is 18.7 Å². The predicted octanol–water partition coefficient (Wildman–Crippen LogP) is 2.19. The van der Waals surface area contributed by atoms with Crippen molar-refractivity contribution >= 4 is 23.9 Å². The van der Waals surface area contributed by atoms with Gasteiger partial charge in [-0.25, -0.2) is 0 Å². The van der Waals surface area contributed by atoms with Crippen LogP contribution >= 0.6 is 12.4 Å². The molecule has 0 saturated heterocycles. The van der Waals surface area contributed by atoms with Crippen molar-refractivity contribution in [1.82, 2.24) is 5.32 Å². The van der Waals surface area contributed by atoms with Gasteiger partial charge >= 0.3 is 0 Å². The molecule has 3 nitrogen and oxygen atoms in total. The van der Waals surface area contributed by atoms with Crippen molar-refractivity contribution in [2.75, 3.05) is 13.1 Å². The summed E-state index contributed by atoms with van der Waals surface area (Å²) in [6.45, 7) is 5.07. The summed E-state index contributed by atoms with van der Waals surface area (Å²) >= 11 is 0. The van der Waals surface area contributed by atoms with Crippen molar-refractivity contribution in [2.45, 2.75) is 39.5 Å². The van der Waals surface area contributed by atoms with E-state index < -0.39 is 0 Å². The second-order valence-corrected chi connectivity index (χ2v) is 3.47. The minimum atomic E-state index is 0. The third-order valence-corrected chi connectivity index (χ3v) is 1.77. The Morgan fingerprint density at radius 1 is 1.21 bits per heavy atom. The standard InChI is InChI=1S/C10H20N2O.ClH/c1-9(11)8-12-7-5-3-4-6-10(2)13;/h11-12H,3-8H2,1-2H3;1H. The van der Waals surface area contributed by atoms with Gasteiger partial charge in [-0.05, 0) is 33.2 Å². The molecule has 0 aliphatic heterocycles. The lowest BCUT2D eigenvalue weighted by atomic mass is 10.1. The number of ketones is 1. The number of hydrogen-bond acceptors (Lipinski definition) is 3. The first-order valence-electron chi connectivity index (χ1n) is 4.87. The van der Waals surface area contributed by atoms with Gasteiger partial charge in [-0.1, -0.05) is 6.42 Å². The number of Topliss-reactive ketones (excluding diaryl/α,β-unsaturated/α-hetero) is 1. The Balaban J connectivity index is 0. The fourth-order valence-electron chi connectivity index (χ4n) is 1.08. The van der Waals surface area contributed by atoms with E-state index in [1.165, 1.54) is 0 Å². The van der Waals surface area contributed by atoms with Crippen molar-refractivity contribution < 1.29 is 4.79 Å². The molecule has 2 N–H and O–H groups in total. The monoisotopic (exact) mass is 220 g/mol. The molecule has 0 bridgehead atoms. The molecule has 0 saturated carbocycles. The highest BCUT2D eigenvalue weighted by molar-refractivity contribution is 5.85. The van der Waals surface area contributed by atoms with Gasteiger partial charge in [0, 0.05) is 18.7 Å². The van der Waals surface area contributed by atoms with Gasteiger partial charge in [-0.3, -0.25) is 0 Å². The largest absolute Gasteiger partial charge is 0.311 e. The fraction of sp³-hybridized carbons (Fsp3) is 0.800. The van der Waals surface area contributed by atoms with Gasteiger partial charge in [0.05, 0.1) is 0 Å². The van der Waals surface area contributed by atoms with Crippen LogP contribution < -0.4 is 5.32 Å². The van der Waals surface area contributed by atoms with E-state index in [1.54, 1.807) is 13.8 Å². The van der Waals surface area contributed by atoms with Crippen LogP contribution in [0.4, 0.5) is 0 Å². The fourth-order valence-corrected chi connectivity index (χ4v) is 1.08. The Morgan fingerprint density at radius 3 is 2.36 bits per heavy atom. The number of unbranched alkanes of at least 4 members (excludes halogenated alkanes) is 2. The molecule has 0 aromatic carbocycles. The Morgan fingerprint density at radius 2 is 1.86 bits per heavy atom. The zero-order chi connectivity index (χ0) is 10.1. The average Bonchev–Trinajstić information content (AvgIpc) is 2.01. The highest BCUT2D eigenvalue weighted by Crippen LogP contribution is 1.98. The topological polar surface area (TPSA) is 53.0 Å². The highest BCUT2D eigenvalue weighted by atomic mass is 35.5. The second kappa shape index (κ2) is 10.7. The summed E-state index contributed by atoms with van der Waals surface area (Å²) in [5.41, 5.74) is 0.670. The van der Waals surface area contributed by atoms with E-state index in [4.69, 9.17) is 5.41 Å². The first kappa shape index (κ1) is 16.0.